The Morgan fingerprint density at radius 2 is 2.00 bits per heavy atom. The lowest BCUT2D eigenvalue weighted by Gasteiger charge is -2.32. The van der Waals surface area contributed by atoms with Crippen molar-refractivity contribution < 1.29 is 9.47 Å². The van der Waals surface area contributed by atoms with E-state index in [0.717, 1.165) is 18.8 Å². The number of hydrogen-bond donors (Lipinski definition) is 1. The Kier molecular flexibility index (Phi) is 3.89. The molecule has 5 heteroatoms. The van der Waals surface area contributed by atoms with Crippen molar-refractivity contribution in [1.29, 1.82) is 0 Å². The van der Waals surface area contributed by atoms with Crippen LogP contribution in [0.4, 0.5) is 5.82 Å². The minimum atomic E-state index is 0.194. The van der Waals surface area contributed by atoms with Crippen molar-refractivity contribution >= 4 is 5.82 Å². The van der Waals surface area contributed by atoms with Crippen LogP contribution in [0.3, 0.4) is 0 Å². The third-order valence-corrected chi connectivity index (χ3v) is 3.83. The number of nitrogens with zero attached hydrogens (tertiary/aromatic N) is 2. The molecule has 0 bridgehead atoms. The first kappa shape index (κ1) is 12.9. The molecule has 1 heterocycles. The van der Waals surface area contributed by atoms with Gasteiger partial charge in [0.25, 0.3) is 5.88 Å². The van der Waals surface area contributed by atoms with Crippen molar-refractivity contribution in [2.24, 2.45) is 11.8 Å². The van der Waals surface area contributed by atoms with Gasteiger partial charge < -0.3 is 15.2 Å². The van der Waals surface area contributed by atoms with Crippen LogP contribution in [-0.4, -0.2) is 23.2 Å². The van der Waals surface area contributed by atoms with Crippen LogP contribution < -0.4 is 15.2 Å². The van der Waals surface area contributed by atoms with Crippen molar-refractivity contribution in [3.8, 4) is 11.6 Å². The van der Waals surface area contributed by atoms with Crippen LogP contribution in [0.1, 0.15) is 33.1 Å². The maximum absolute atomic E-state index is 5.92. The molecular weight excluding hydrogens is 230 g/mol. The fourth-order valence-electron chi connectivity index (χ4n) is 2.41. The van der Waals surface area contributed by atoms with Crippen LogP contribution in [0.2, 0.25) is 0 Å². The number of hydrogen-bond acceptors (Lipinski definition) is 5. The van der Waals surface area contributed by atoms with Gasteiger partial charge in [0.05, 0.1) is 7.11 Å². The highest BCUT2D eigenvalue weighted by Gasteiger charge is 2.27. The molecule has 2 N–H and O–H groups in total. The Morgan fingerprint density at radius 1 is 1.22 bits per heavy atom. The SMILES string of the molecule is COc1c(N)ncnc1OC1CCC(C)C(C)C1. The molecule has 1 saturated carbocycles. The lowest BCUT2D eigenvalue weighted by molar-refractivity contribution is 0.0932. The van der Waals surface area contributed by atoms with E-state index in [1.54, 1.807) is 7.11 Å². The number of nitrogens with two attached hydrogens (primary N) is 1. The first-order valence-corrected chi connectivity index (χ1v) is 6.43. The average molecular weight is 251 g/mol. The van der Waals surface area contributed by atoms with E-state index in [9.17, 15) is 0 Å². The third kappa shape index (κ3) is 2.66. The van der Waals surface area contributed by atoms with Gasteiger partial charge in [-0.05, 0) is 31.1 Å². The van der Waals surface area contributed by atoms with Gasteiger partial charge >= 0.3 is 0 Å². The van der Waals surface area contributed by atoms with Gasteiger partial charge in [-0.2, -0.15) is 4.98 Å². The van der Waals surface area contributed by atoms with E-state index in [0.29, 0.717) is 23.4 Å². The molecule has 1 aromatic heterocycles. The van der Waals surface area contributed by atoms with E-state index in [4.69, 9.17) is 15.2 Å². The molecule has 1 fully saturated rings. The number of methoxy groups -OCH3 is 1. The Hall–Kier alpha value is -1.52. The van der Waals surface area contributed by atoms with Crippen molar-refractivity contribution in [3.63, 3.8) is 0 Å². The highest BCUT2D eigenvalue weighted by atomic mass is 16.5. The van der Waals surface area contributed by atoms with Crippen LogP contribution in [0.5, 0.6) is 11.6 Å². The molecule has 5 nitrogen and oxygen atoms in total. The molecule has 3 unspecified atom stereocenters. The first-order chi connectivity index (χ1) is 8.61. The molecule has 1 aromatic rings. The van der Waals surface area contributed by atoms with Gasteiger partial charge in [0.2, 0.25) is 5.75 Å². The number of nitrogen functional groups attached to an aromatic ring is 1. The molecule has 0 aliphatic heterocycles. The summed E-state index contributed by atoms with van der Waals surface area (Å²) in [7, 11) is 1.55. The fourth-order valence-corrected chi connectivity index (χ4v) is 2.41. The van der Waals surface area contributed by atoms with Crippen LogP contribution in [0.15, 0.2) is 6.33 Å². The molecular formula is C13H21N3O2. The molecule has 3 atom stereocenters. The minimum absolute atomic E-state index is 0.194. The summed E-state index contributed by atoms with van der Waals surface area (Å²) in [6, 6.07) is 0. The highest BCUT2D eigenvalue weighted by molar-refractivity contribution is 5.51. The van der Waals surface area contributed by atoms with Crippen molar-refractivity contribution in [3.05, 3.63) is 6.33 Å². The lowest BCUT2D eigenvalue weighted by atomic mass is 9.80. The normalized spacial score (nSPS) is 27.8. The fraction of sp³-hybridized carbons (Fsp3) is 0.692. The second kappa shape index (κ2) is 5.42. The third-order valence-electron chi connectivity index (χ3n) is 3.83. The van der Waals surface area contributed by atoms with Crippen molar-refractivity contribution in [1.82, 2.24) is 9.97 Å². The summed E-state index contributed by atoms with van der Waals surface area (Å²) in [5.74, 6) is 2.65. The quantitative estimate of drug-likeness (QED) is 0.892. The summed E-state index contributed by atoms with van der Waals surface area (Å²) >= 11 is 0. The molecule has 0 aromatic carbocycles. The van der Waals surface area contributed by atoms with E-state index in [-0.39, 0.29) is 6.10 Å². The van der Waals surface area contributed by atoms with Crippen LogP contribution >= 0.6 is 0 Å². The summed E-state index contributed by atoms with van der Waals surface area (Å²) in [6.45, 7) is 4.57. The Balaban J connectivity index is 2.08. The highest BCUT2D eigenvalue weighted by Crippen LogP contribution is 2.35. The van der Waals surface area contributed by atoms with E-state index < -0.39 is 0 Å². The van der Waals surface area contributed by atoms with Gasteiger partial charge in [0, 0.05) is 0 Å². The topological polar surface area (TPSA) is 70.3 Å². The summed E-state index contributed by atoms with van der Waals surface area (Å²) in [5.41, 5.74) is 5.73. The maximum Gasteiger partial charge on any atom is 0.262 e. The van der Waals surface area contributed by atoms with E-state index in [1.807, 2.05) is 0 Å². The van der Waals surface area contributed by atoms with Crippen LogP contribution in [-0.2, 0) is 0 Å². The molecule has 1 aliphatic rings. The molecule has 18 heavy (non-hydrogen) atoms. The molecule has 0 amide bonds. The monoisotopic (exact) mass is 251 g/mol. The minimum Gasteiger partial charge on any atom is -0.489 e. The van der Waals surface area contributed by atoms with E-state index >= 15 is 0 Å². The average Bonchev–Trinajstić information content (AvgIpc) is 2.34. The standard InChI is InChI=1S/C13H21N3O2/c1-8-4-5-10(6-9(8)2)18-13-11(17-3)12(14)15-7-16-13/h7-10H,4-6H2,1-3H3,(H2,14,15,16). The summed E-state index contributed by atoms with van der Waals surface area (Å²) in [4.78, 5) is 8.00. The lowest BCUT2D eigenvalue weighted by Crippen LogP contribution is -2.29. The second-order valence-corrected chi connectivity index (χ2v) is 5.10. The number of ether oxygens (including phenoxy) is 2. The van der Waals surface area contributed by atoms with Gasteiger partial charge in [-0.1, -0.05) is 13.8 Å². The number of aromatic nitrogens is 2. The molecule has 0 spiro atoms. The zero-order chi connectivity index (χ0) is 13.1. The molecule has 100 valence electrons. The number of rotatable bonds is 3. The Bertz CT molecular complexity index is 411. The Morgan fingerprint density at radius 3 is 2.67 bits per heavy atom. The van der Waals surface area contributed by atoms with Crippen LogP contribution in [0, 0.1) is 11.8 Å². The Labute approximate surface area is 108 Å². The molecule has 2 rings (SSSR count). The van der Waals surface area contributed by atoms with Gasteiger partial charge in [-0.3, -0.25) is 0 Å². The van der Waals surface area contributed by atoms with Gasteiger partial charge in [-0.15, -0.1) is 0 Å². The van der Waals surface area contributed by atoms with Gasteiger partial charge in [-0.25, -0.2) is 4.98 Å². The van der Waals surface area contributed by atoms with Gasteiger partial charge in [0.1, 0.15) is 12.4 Å². The van der Waals surface area contributed by atoms with Crippen LogP contribution in [0.25, 0.3) is 0 Å². The zero-order valence-corrected chi connectivity index (χ0v) is 11.2. The molecule has 0 radical (unpaired) electrons. The summed E-state index contributed by atoms with van der Waals surface area (Å²) < 4.78 is 11.1. The van der Waals surface area contributed by atoms with Crippen molar-refractivity contribution in [2.45, 2.75) is 39.2 Å². The van der Waals surface area contributed by atoms with E-state index in [2.05, 4.69) is 23.8 Å². The maximum atomic E-state index is 5.92. The summed E-state index contributed by atoms with van der Waals surface area (Å²) in [5, 5.41) is 0. The molecule has 0 saturated heterocycles. The smallest absolute Gasteiger partial charge is 0.262 e. The number of anilines is 1. The molecule has 1 aliphatic carbocycles. The first-order valence-electron chi connectivity index (χ1n) is 6.43. The predicted octanol–water partition coefficient (Wildman–Crippen LogP) is 2.27. The van der Waals surface area contributed by atoms with Gasteiger partial charge in [0.15, 0.2) is 5.82 Å². The zero-order valence-electron chi connectivity index (χ0n) is 11.2. The van der Waals surface area contributed by atoms with Crippen molar-refractivity contribution in [2.75, 3.05) is 12.8 Å². The second-order valence-electron chi connectivity index (χ2n) is 5.10. The van der Waals surface area contributed by atoms with E-state index in [1.165, 1.54) is 12.7 Å². The summed E-state index contributed by atoms with van der Waals surface area (Å²) in [6.07, 6.45) is 4.89. The largest absolute Gasteiger partial charge is 0.489 e. The predicted molar refractivity (Wildman–Crippen MR) is 69.6 cm³/mol.